The van der Waals surface area contributed by atoms with Gasteiger partial charge in [0.2, 0.25) is 4.77 Å². The number of tetrazole rings is 1. The quantitative estimate of drug-likeness (QED) is 0.848. The Hall–Kier alpha value is -1.73. The number of fused-ring (bicyclic) bond motifs is 1. The highest BCUT2D eigenvalue weighted by atomic mass is 32.1. The van der Waals surface area contributed by atoms with Crippen LogP contribution in [0.15, 0.2) is 24.3 Å². The van der Waals surface area contributed by atoms with Crippen LogP contribution >= 0.6 is 12.2 Å². The van der Waals surface area contributed by atoms with E-state index in [1.54, 1.807) is 16.7 Å². The predicted molar refractivity (Wildman–Crippen MR) is 97.5 cm³/mol. The number of rotatable bonds is 4. The third-order valence-corrected chi connectivity index (χ3v) is 6.20. The molecule has 0 bridgehead atoms. The molecule has 1 aliphatic carbocycles. The number of hydrogen-bond acceptors (Lipinski definition) is 4. The maximum atomic E-state index is 5.64. The predicted octanol–water partition coefficient (Wildman–Crippen LogP) is 2.00. The number of nitrogens with one attached hydrogen (secondary N) is 1. The lowest BCUT2D eigenvalue weighted by Crippen LogP contribution is -3.17. The van der Waals surface area contributed by atoms with Crippen molar-refractivity contribution in [3.05, 3.63) is 29.0 Å². The van der Waals surface area contributed by atoms with Crippen molar-refractivity contribution in [2.24, 2.45) is 5.92 Å². The summed E-state index contributed by atoms with van der Waals surface area (Å²) in [4.78, 5) is 1.63. The lowest BCUT2D eigenvalue weighted by molar-refractivity contribution is -0.958. The first kappa shape index (κ1) is 16.7. The van der Waals surface area contributed by atoms with E-state index in [0.717, 1.165) is 30.1 Å². The molecule has 0 radical (unpaired) electrons. The van der Waals surface area contributed by atoms with Crippen LogP contribution in [0.5, 0.6) is 5.75 Å². The second-order valence-electron chi connectivity index (χ2n) is 7.23. The minimum Gasteiger partial charge on any atom is -0.497 e. The van der Waals surface area contributed by atoms with E-state index >= 15 is 0 Å². The van der Waals surface area contributed by atoms with E-state index in [0.29, 0.717) is 4.77 Å². The van der Waals surface area contributed by atoms with Crippen molar-refractivity contribution < 1.29 is 9.64 Å². The van der Waals surface area contributed by atoms with Gasteiger partial charge in [0.15, 0.2) is 6.67 Å². The summed E-state index contributed by atoms with van der Waals surface area (Å²) in [5.74, 6) is 1.71. The van der Waals surface area contributed by atoms with Gasteiger partial charge in [-0.1, -0.05) is 6.42 Å². The van der Waals surface area contributed by atoms with E-state index in [9.17, 15) is 0 Å². The fourth-order valence-corrected chi connectivity index (χ4v) is 4.76. The van der Waals surface area contributed by atoms with Gasteiger partial charge >= 0.3 is 0 Å². The van der Waals surface area contributed by atoms with Gasteiger partial charge in [-0.05, 0) is 79.0 Å². The molecular weight excluding hydrogens is 334 g/mol. The zero-order valence-corrected chi connectivity index (χ0v) is 15.5. The molecule has 2 aromatic rings. The van der Waals surface area contributed by atoms with Gasteiger partial charge in [0, 0.05) is 5.92 Å². The average Bonchev–Trinajstić information content (AvgIpc) is 3.03. The Labute approximate surface area is 153 Å². The lowest BCUT2D eigenvalue weighted by atomic mass is 9.78. The Bertz CT molecular complexity index is 767. The molecule has 0 spiro atoms. The number of aromatic nitrogens is 4. The van der Waals surface area contributed by atoms with Crippen LogP contribution in [0.1, 0.15) is 38.5 Å². The maximum absolute atomic E-state index is 5.64. The highest BCUT2D eigenvalue weighted by Gasteiger charge is 2.36. The normalized spacial score (nSPS) is 26.2. The minimum atomic E-state index is 0.663. The smallest absolute Gasteiger partial charge is 0.225 e. The van der Waals surface area contributed by atoms with Gasteiger partial charge in [-0.3, -0.25) is 0 Å². The Kier molecular flexibility index (Phi) is 4.85. The Morgan fingerprint density at radius 2 is 1.88 bits per heavy atom. The van der Waals surface area contributed by atoms with Crippen LogP contribution < -0.4 is 9.64 Å². The first-order valence-electron chi connectivity index (χ1n) is 9.28. The Balaban J connectivity index is 1.53. The Morgan fingerprint density at radius 3 is 2.68 bits per heavy atom. The first-order valence-corrected chi connectivity index (χ1v) is 9.69. The number of piperidine rings is 1. The highest BCUT2D eigenvalue weighted by molar-refractivity contribution is 7.71. The van der Waals surface area contributed by atoms with Crippen LogP contribution in [0.2, 0.25) is 0 Å². The van der Waals surface area contributed by atoms with Crippen LogP contribution in [0, 0.1) is 10.7 Å². The number of likely N-dealkylation sites (tertiary alicyclic amines) is 1. The van der Waals surface area contributed by atoms with Crippen LogP contribution in [0.3, 0.4) is 0 Å². The summed E-state index contributed by atoms with van der Waals surface area (Å²) in [5, 5.41) is 8.62. The molecule has 1 aromatic carbocycles. The summed E-state index contributed by atoms with van der Waals surface area (Å²) in [6, 6.07) is 8.52. The van der Waals surface area contributed by atoms with Crippen molar-refractivity contribution in [3.8, 4) is 11.4 Å². The number of hydrogen-bond donors (Lipinski definition) is 1. The topological polar surface area (TPSA) is 49.3 Å². The molecule has 25 heavy (non-hydrogen) atoms. The molecule has 2 aliphatic rings. The fraction of sp³-hybridized carbons (Fsp3) is 0.611. The van der Waals surface area contributed by atoms with Crippen molar-refractivity contribution in [2.45, 2.75) is 51.2 Å². The summed E-state index contributed by atoms with van der Waals surface area (Å²) >= 11 is 5.64. The molecule has 2 fully saturated rings. The number of benzene rings is 1. The van der Waals surface area contributed by atoms with Crippen molar-refractivity contribution in [1.82, 2.24) is 19.8 Å². The largest absolute Gasteiger partial charge is 0.497 e. The average molecular weight is 361 g/mol. The van der Waals surface area contributed by atoms with Crippen LogP contribution in [-0.4, -0.2) is 39.5 Å². The number of quaternary nitrogens is 1. The van der Waals surface area contributed by atoms with Gasteiger partial charge in [0.25, 0.3) is 0 Å². The number of nitrogens with zero attached hydrogens (tertiary/aromatic N) is 4. The van der Waals surface area contributed by atoms with Crippen molar-refractivity contribution in [2.75, 3.05) is 13.7 Å². The number of ether oxygens (including phenoxy) is 1. The van der Waals surface area contributed by atoms with Crippen molar-refractivity contribution in [3.63, 3.8) is 0 Å². The van der Waals surface area contributed by atoms with E-state index in [1.807, 2.05) is 28.9 Å². The summed E-state index contributed by atoms with van der Waals surface area (Å²) in [6.07, 6.45) is 8.24. The van der Waals surface area contributed by atoms with Gasteiger partial charge in [0.05, 0.1) is 25.4 Å². The van der Waals surface area contributed by atoms with Crippen molar-refractivity contribution >= 4 is 12.2 Å². The summed E-state index contributed by atoms with van der Waals surface area (Å²) in [7, 11) is 1.66. The van der Waals surface area contributed by atoms with E-state index in [2.05, 4.69) is 10.4 Å². The van der Waals surface area contributed by atoms with Gasteiger partial charge in [-0.2, -0.15) is 9.36 Å². The van der Waals surface area contributed by atoms with Gasteiger partial charge < -0.3 is 9.64 Å². The zero-order chi connectivity index (χ0) is 17.2. The second kappa shape index (κ2) is 7.25. The fourth-order valence-electron chi connectivity index (χ4n) is 4.51. The molecule has 1 saturated heterocycles. The van der Waals surface area contributed by atoms with Crippen molar-refractivity contribution in [1.29, 1.82) is 0 Å². The third-order valence-electron chi connectivity index (χ3n) is 5.82. The number of methoxy groups -OCH3 is 1. The molecule has 1 saturated carbocycles. The molecule has 1 unspecified atom stereocenters. The summed E-state index contributed by atoms with van der Waals surface area (Å²) < 4.78 is 9.50. The molecule has 3 atom stereocenters. The van der Waals surface area contributed by atoms with E-state index in [4.69, 9.17) is 17.0 Å². The summed E-state index contributed by atoms with van der Waals surface area (Å²) in [6.45, 7) is 2.05. The second-order valence-corrected chi connectivity index (χ2v) is 7.60. The van der Waals surface area contributed by atoms with Crippen LogP contribution in [0.4, 0.5) is 0 Å². The van der Waals surface area contributed by atoms with Gasteiger partial charge in [0.1, 0.15) is 5.75 Å². The molecule has 4 rings (SSSR count). The standard InChI is InChI=1S/C18H25N5OS/c1-24-16-10-8-15(9-11-16)23-18(25)22(19-20-23)13-21-12-4-6-14-5-2-3-7-17(14)21/h8-11,14,17H,2-7,12-13H2,1H3/p+1/t14-,17-/m0/s1. The molecule has 1 aliphatic heterocycles. The monoisotopic (exact) mass is 360 g/mol. The van der Waals surface area contributed by atoms with E-state index < -0.39 is 0 Å². The molecule has 1 aromatic heterocycles. The lowest BCUT2D eigenvalue weighted by Gasteiger charge is -2.40. The maximum Gasteiger partial charge on any atom is 0.225 e. The zero-order valence-electron chi connectivity index (χ0n) is 14.7. The third kappa shape index (κ3) is 3.35. The first-order chi connectivity index (χ1) is 12.3. The van der Waals surface area contributed by atoms with E-state index in [1.165, 1.54) is 45.1 Å². The molecule has 7 heteroatoms. The summed E-state index contributed by atoms with van der Waals surface area (Å²) in [5.41, 5.74) is 0.918. The molecule has 1 N–H and O–H groups in total. The van der Waals surface area contributed by atoms with Gasteiger partial charge in [-0.15, -0.1) is 0 Å². The van der Waals surface area contributed by atoms with Crippen LogP contribution in [-0.2, 0) is 6.67 Å². The van der Waals surface area contributed by atoms with Crippen LogP contribution in [0.25, 0.3) is 5.69 Å². The SMILES string of the molecule is COc1ccc(-n2nnn(C[NH+]3CCC[C@@H]4CCCC[C@@H]43)c2=S)cc1. The molecule has 2 heterocycles. The van der Waals surface area contributed by atoms with E-state index in [-0.39, 0.29) is 0 Å². The highest BCUT2D eigenvalue weighted by Crippen LogP contribution is 2.28. The van der Waals surface area contributed by atoms with Gasteiger partial charge in [-0.25, -0.2) is 0 Å². The molecule has 6 nitrogen and oxygen atoms in total. The Morgan fingerprint density at radius 1 is 1.12 bits per heavy atom. The molecule has 0 amide bonds. The molecule has 134 valence electrons. The molecular formula is C18H26N5OS+. The minimum absolute atomic E-state index is 0.663.